The van der Waals surface area contributed by atoms with Gasteiger partial charge < -0.3 is 5.73 Å². The minimum Gasteiger partial charge on any atom is -0.392 e. The zero-order valence-electron chi connectivity index (χ0n) is 7.33. The molecule has 1 aliphatic heterocycles. The van der Waals surface area contributed by atoms with Crippen molar-refractivity contribution in [3.63, 3.8) is 0 Å². The van der Waals surface area contributed by atoms with Gasteiger partial charge in [-0.15, -0.1) is 0 Å². The number of hydrogen-bond donors (Lipinski definition) is 1. The van der Waals surface area contributed by atoms with Crippen LogP contribution in [-0.2, 0) is 0 Å². The molecule has 0 amide bonds. The molecule has 2 N–H and O–H groups in total. The van der Waals surface area contributed by atoms with Gasteiger partial charge in [0.05, 0.1) is 11.0 Å². The van der Waals surface area contributed by atoms with Crippen LogP contribution in [0.3, 0.4) is 0 Å². The molecule has 0 aromatic rings. The van der Waals surface area contributed by atoms with Crippen molar-refractivity contribution in [3.8, 4) is 0 Å². The van der Waals surface area contributed by atoms with Crippen molar-refractivity contribution in [1.29, 1.82) is 0 Å². The summed E-state index contributed by atoms with van der Waals surface area (Å²) in [6, 6.07) is 0.417. The van der Waals surface area contributed by atoms with Crippen LogP contribution in [0.5, 0.6) is 0 Å². The van der Waals surface area contributed by atoms with Gasteiger partial charge in [0, 0.05) is 6.54 Å². The summed E-state index contributed by atoms with van der Waals surface area (Å²) >= 11 is 5.04. The number of rotatable bonds is 3. The van der Waals surface area contributed by atoms with Crippen molar-refractivity contribution in [1.82, 2.24) is 4.90 Å². The first-order chi connectivity index (χ1) is 5.77. The van der Waals surface area contributed by atoms with Crippen molar-refractivity contribution in [2.24, 2.45) is 11.7 Å². The van der Waals surface area contributed by atoms with Crippen LogP contribution in [-0.4, -0.2) is 29.0 Å². The van der Waals surface area contributed by atoms with Gasteiger partial charge in [-0.05, 0) is 38.1 Å². The third kappa shape index (κ3) is 1.77. The van der Waals surface area contributed by atoms with Crippen molar-refractivity contribution in [2.75, 3.05) is 13.1 Å². The fourth-order valence-corrected chi connectivity index (χ4v) is 2.27. The molecule has 1 saturated heterocycles. The van der Waals surface area contributed by atoms with Crippen LogP contribution in [0.15, 0.2) is 0 Å². The minimum atomic E-state index is 0.417. The third-order valence-corrected chi connectivity index (χ3v) is 3.15. The molecule has 0 aromatic heterocycles. The lowest BCUT2D eigenvalue weighted by Crippen LogP contribution is -2.40. The molecule has 0 spiro atoms. The number of thiocarbonyl (C=S) groups is 1. The Bertz CT molecular complexity index is 189. The molecule has 1 unspecified atom stereocenters. The van der Waals surface area contributed by atoms with Crippen LogP contribution >= 0.6 is 12.2 Å². The summed E-state index contributed by atoms with van der Waals surface area (Å²) < 4.78 is 0. The lowest BCUT2D eigenvalue weighted by atomic mass is 10.2. The van der Waals surface area contributed by atoms with Gasteiger partial charge in [0.15, 0.2) is 0 Å². The monoisotopic (exact) mass is 184 g/mol. The Balaban J connectivity index is 1.88. The molecule has 0 radical (unpaired) electrons. The van der Waals surface area contributed by atoms with Crippen molar-refractivity contribution in [3.05, 3.63) is 0 Å². The number of hydrogen-bond acceptors (Lipinski definition) is 2. The second kappa shape index (κ2) is 3.30. The van der Waals surface area contributed by atoms with Gasteiger partial charge in [-0.25, -0.2) is 0 Å². The smallest absolute Gasteiger partial charge is 0.0902 e. The van der Waals surface area contributed by atoms with Crippen LogP contribution in [0.2, 0.25) is 0 Å². The molecule has 68 valence electrons. The molecule has 2 fully saturated rings. The maximum Gasteiger partial charge on any atom is 0.0902 e. The molecule has 12 heavy (non-hydrogen) atoms. The van der Waals surface area contributed by atoms with E-state index in [4.69, 9.17) is 18.0 Å². The van der Waals surface area contributed by atoms with Crippen LogP contribution in [0, 0.1) is 5.92 Å². The van der Waals surface area contributed by atoms with Crippen molar-refractivity contribution < 1.29 is 0 Å². The summed E-state index contributed by atoms with van der Waals surface area (Å²) in [6.07, 6.45) is 5.29. The summed E-state index contributed by atoms with van der Waals surface area (Å²) in [5.74, 6) is 0.958. The van der Waals surface area contributed by atoms with E-state index in [1.807, 2.05) is 0 Å². The first-order valence-corrected chi connectivity index (χ1v) is 5.21. The Morgan fingerprint density at radius 1 is 1.42 bits per heavy atom. The highest BCUT2D eigenvalue weighted by Crippen LogP contribution is 2.32. The second-order valence-corrected chi connectivity index (χ2v) is 4.47. The maximum absolute atomic E-state index is 5.67. The first-order valence-electron chi connectivity index (χ1n) is 4.81. The highest BCUT2D eigenvalue weighted by molar-refractivity contribution is 7.80. The summed E-state index contributed by atoms with van der Waals surface area (Å²) in [7, 11) is 0. The van der Waals surface area contributed by atoms with Crippen LogP contribution in [0.1, 0.15) is 25.7 Å². The van der Waals surface area contributed by atoms with E-state index in [0.717, 1.165) is 5.92 Å². The molecule has 1 atom stereocenters. The summed E-state index contributed by atoms with van der Waals surface area (Å²) in [4.78, 5) is 3.17. The van der Waals surface area contributed by atoms with Gasteiger partial charge in [-0.2, -0.15) is 0 Å². The van der Waals surface area contributed by atoms with E-state index in [9.17, 15) is 0 Å². The Labute approximate surface area is 79.1 Å². The maximum atomic E-state index is 5.67. The van der Waals surface area contributed by atoms with E-state index >= 15 is 0 Å². The molecule has 1 heterocycles. The summed E-state index contributed by atoms with van der Waals surface area (Å²) in [5.41, 5.74) is 5.67. The Morgan fingerprint density at radius 2 is 2.17 bits per heavy atom. The van der Waals surface area contributed by atoms with Gasteiger partial charge in [-0.1, -0.05) is 12.2 Å². The molecule has 0 aromatic carbocycles. The number of likely N-dealkylation sites (tertiary alicyclic amines) is 1. The van der Waals surface area contributed by atoms with Crippen LogP contribution in [0.25, 0.3) is 0 Å². The topological polar surface area (TPSA) is 29.3 Å². The lowest BCUT2D eigenvalue weighted by Gasteiger charge is -2.22. The predicted molar refractivity (Wildman–Crippen MR) is 54.1 cm³/mol. The fourth-order valence-electron chi connectivity index (χ4n) is 2.00. The molecule has 2 rings (SSSR count). The molecule has 0 bridgehead atoms. The van der Waals surface area contributed by atoms with Gasteiger partial charge in [0.1, 0.15) is 0 Å². The van der Waals surface area contributed by atoms with Crippen LogP contribution < -0.4 is 5.73 Å². The van der Waals surface area contributed by atoms with E-state index < -0.39 is 0 Å². The van der Waals surface area contributed by atoms with Gasteiger partial charge in [0.25, 0.3) is 0 Å². The quantitative estimate of drug-likeness (QED) is 0.667. The van der Waals surface area contributed by atoms with E-state index in [0.29, 0.717) is 11.0 Å². The highest BCUT2D eigenvalue weighted by Gasteiger charge is 2.31. The number of nitrogens with two attached hydrogens (primary N) is 1. The zero-order valence-corrected chi connectivity index (χ0v) is 8.15. The average molecular weight is 184 g/mol. The Kier molecular flexibility index (Phi) is 2.33. The van der Waals surface area contributed by atoms with E-state index in [2.05, 4.69) is 4.90 Å². The first kappa shape index (κ1) is 8.45. The van der Waals surface area contributed by atoms with Gasteiger partial charge in [-0.3, -0.25) is 4.90 Å². The van der Waals surface area contributed by atoms with Crippen molar-refractivity contribution >= 4 is 17.2 Å². The second-order valence-electron chi connectivity index (χ2n) is 4.00. The minimum absolute atomic E-state index is 0.417. The Hall–Kier alpha value is -0.150. The van der Waals surface area contributed by atoms with Gasteiger partial charge in [0.2, 0.25) is 0 Å². The van der Waals surface area contributed by atoms with E-state index in [1.54, 1.807) is 0 Å². The normalized spacial score (nSPS) is 30.8. The molecule has 2 aliphatic rings. The molecule has 1 saturated carbocycles. The molecule has 2 nitrogen and oxygen atoms in total. The van der Waals surface area contributed by atoms with E-state index in [1.165, 1.54) is 38.8 Å². The Morgan fingerprint density at radius 3 is 2.75 bits per heavy atom. The van der Waals surface area contributed by atoms with Crippen LogP contribution in [0.4, 0.5) is 0 Å². The predicted octanol–water partition coefficient (Wildman–Crippen LogP) is 1.15. The molecular formula is C9H16N2S. The zero-order chi connectivity index (χ0) is 8.55. The summed E-state index contributed by atoms with van der Waals surface area (Å²) in [6.45, 7) is 2.44. The standard InChI is InChI=1S/C9H16N2S/c10-9(12)8-2-1-5-11(8)6-7-3-4-7/h7-8H,1-6H2,(H2,10,12). The third-order valence-electron chi connectivity index (χ3n) is 2.88. The molecule has 3 heteroatoms. The average Bonchev–Trinajstić information content (AvgIpc) is 2.66. The van der Waals surface area contributed by atoms with E-state index in [-0.39, 0.29) is 0 Å². The fraction of sp³-hybridized carbons (Fsp3) is 0.889. The van der Waals surface area contributed by atoms with Crippen molar-refractivity contribution in [2.45, 2.75) is 31.7 Å². The number of nitrogens with zero attached hydrogens (tertiary/aromatic N) is 1. The lowest BCUT2D eigenvalue weighted by molar-refractivity contribution is 0.291. The molecular weight excluding hydrogens is 168 g/mol. The largest absolute Gasteiger partial charge is 0.392 e. The summed E-state index contributed by atoms with van der Waals surface area (Å²) in [5, 5.41) is 0. The molecule has 1 aliphatic carbocycles. The highest BCUT2D eigenvalue weighted by atomic mass is 32.1. The van der Waals surface area contributed by atoms with Gasteiger partial charge >= 0.3 is 0 Å². The SMILES string of the molecule is NC(=S)C1CCCN1CC1CC1.